The lowest BCUT2D eigenvalue weighted by atomic mass is 10.1. The Bertz CT molecular complexity index is 803. The molecule has 132 valence electrons. The second-order valence-electron chi connectivity index (χ2n) is 4.86. The van der Waals surface area contributed by atoms with Gasteiger partial charge < -0.3 is 9.47 Å². The summed E-state index contributed by atoms with van der Waals surface area (Å²) < 4.78 is 66.5. The number of hydrogen-bond donors (Lipinski definition) is 0. The van der Waals surface area contributed by atoms with Gasteiger partial charge >= 0.3 is 0 Å². The van der Waals surface area contributed by atoms with Crippen LogP contribution in [-0.4, -0.2) is 12.9 Å². The number of hydrogen-bond acceptors (Lipinski definition) is 3. The molecule has 0 spiro atoms. The topological polar surface area (TPSA) is 35.5 Å². The zero-order valence-corrected chi connectivity index (χ0v) is 13.4. The first-order valence-electron chi connectivity index (χ1n) is 7.33. The van der Waals surface area contributed by atoms with E-state index in [1.165, 1.54) is 31.2 Å². The van der Waals surface area contributed by atoms with E-state index in [2.05, 4.69) is 0 Å². The molecule has 0 unspecified atom stereocenters. The van der Waals surface area contributed by atoms with Gasteiger partial charge in [-0.1, -0.05) is 12.2 Å². The van der Waals surface area contributed by atoms with Crippen molar-refractivity contribution in [2.45, 2.75) is 13.8 Å². The predicted octanol–water partition coefficient (Wildman–Crippen LogP) is 5.28. The first kappa shape index (κ1) is 18.5. The highest BCUT2D eigenvalue weighted by molar-refractivity contribution is 5.76. The van der Waals surface area contributed by atoms with Crippen molar-refractivity contribution in [3.63, 3.8) is 0 Å². The number of aldehydes is 1. The summed E-state index contributed by atoms with van der Waals surface area (Å²) in [4.78, 5) is 10.8. The molecule has 2 aromatic carbocycles. The predicted molar refractivity (Wildman–Crippen MR) is 84.1 cm³/mol. The molecule has 25 heavy (non-hydrogen) atoms. The summed E-state index contributed by atoms with van der Waals surface area (Å²) in [5.74, 6) is -7.91. The molecule has 0 aliphatic heterocycles. The third kappa shape index (κ3) is 3.65. The van der Waals surface area contributed by atoms with Gasteiger partial charge in [0.25, 0.3) is 0 Å². The number of rotatable bonds is 6. The molecule has 0 atom stereocenters. The Kier molecular flexibility index (Phi) is 5.80. The van der Waals surface area contributed by atoms with Gasteiger partial charge in [-0.2, -0.15) is 8.78 Å². The van der Waals surface area contributed by atoms with Crippen LogP contribution in [0.15, 0.2) is 24.3 Å². The zero-order chi connectivity index (χ0) is 18.6. The molecule has 2 rings (SSSR count). The lowest BCUT2D eigenvalue weighted by Gasteiger charge is -2.14. The van der Waals surface area contributed by atoms with Crippen molar-refractivity contribution in [3.05, 3.63) is 58.7 Å². The second-order valence-corrected chi connectivity index (χ2v) is 4.86. The van der Waals surface area contributed by atoms with Crippen LogP contribution >= 0.6 is 0 Å². The Labute approximate surface area is 141 Å². The standard InChI is InChI=1S/C18H14F4O3/c1-3-5-11-14(19)16(21)18(17(22)15(11)20)25-12-7-6-10(9-23)8-13(12)24-4-2/h3,5-9H,4H2,1-2H3/b5-3+. The molecule has 2 aromatic rings. The van der Waals surface area contributed by atoms with Crippen LogP contribution in [0.2, 0.25) is 0 Å². The van der Waals surface area contributed by atoms with Gasteiger partial charge in [0, 0.05) is 5.56 Å². The Morgan fingerprint density at radius 2 is 1.64 bits per heavy atom. The Morgan fingerprint density at radius 3 is 2.16 bits per heavy atom. The minimum atomic E-state index is -1.67. The molecule has 7 heteroatoms. The highest BCUT2D eigenvalue weighted by atomic mass is 19.2. The molecule has 0 heterocycles. The molecule has 0 aromatic heterocycles. The molecule has 0 bridgehead atoms. The fourth-order valence-electron chi connectivity index (χ4n) is 2.09. The maximum absolute atomic E-state index is 14.1. The van der Waals surface area contributed by atoms with E-state index in [1.54, 1.807) is 6.92 Å². The average Bonchev–Trinajstić information content (AvgIpc) is 2.62. The third-order valence-corrected chi connectivity index (χ3v) is 3.21. The van der Waals surface area contributed by atoms with Crippen molar-refractivity contribution in [2.24, 2.45) is 0 Å². The molecule has 0 saturated carbocycles. The van der Waals surface area contributed by atoms with Crippen LogP contribution in [0.3, 0.4) is 0 Å². The minimum absolute atomic E-state index is 0.00393. The molecule has 0 radical (unpaired) electrons. The maximum atomic E-state index is 14.1. The van der Waals surface area contributed by atoms with E-state index in [0.717, 1.165) is 6.08 Å². The summed E-state index contributed by atoms with van der Waals surface area (Å²) in [6.45, 7) is 3.26. The van der Waals surface area contributed by atoms with E-state index in [9.17, 15) is 22.4 Å². The van der Waals surface area contributed by atoms with Crippen LogP contribution in [0.4, 0.5) is 17.6 Å². The summed E-state index contributed by atoms with van der Waals surface area (Å²) in [5.41, 5.74) is -0.608. The van der Waals surface area contributed by atoms with Crippen molar-refractivity contribution >= 4 is 12.4 Å². The number of carbonyl (C=O) groups is 1. The fraction of sp³-hybridized carbons (Fsp3) is 0.167. The van der Waals surface area contributed by atoms with Crippen molar-refractivity contribution < 1.29 is 31.8 Å². The molecular weight excluding hydrogens is 340 g/mol. The summed E-state index contributed by atoms with van der Waals surface area (Å²) >= 11 is 0. The second kappa shape index (κ2) is 7.83. The monoisotopic (exact) mass is 354 g/mol. The molecule has 0 aliphatic carbocycles. The van der Waals surface area contributed by atoms with Crippen LogP contribution in [0, 0.1) is 23.3 Å². The summed E-state index contributed by atoms with van der Waals surface area (Å²) in [6.07, 6.45) is 2.69. The normalized spacial score (nSPS) is 11.0. The van der Waals surface area contributed by atoms with Crippen LogP contribution in [0.1, 0.15) is 29.8 Å². The number of benzene rings is 2. The van der Waals surface area contributed by atoms with E-state index in [-0.39, 0.29) is 23.7 Å². The number of halogens is 4. The average molecular weight is 354 g/mol. The van der Waals surface area contributed by atoms with E-state index >= 15 is 0 Å². The van der Waals surface area contributed by atoms with Gasteiger partial charge in [0.05, 0.1) is 12.2 Å². The van der Waals surface area contributed by atoms with Gasteiger partial charge in [-0.05, 0) is 32.0 Å². The van der Waals surface area contributed by atoms with Gasteiger partial charge in [0.15, 0.2) is 23.1 Å². The summed E-state index contributed by atoms with van der Waals surface area (Å²) in [6, 6.07) is 3.80. The number of allylic oxidation sites excluding steroid dienone is 1. The maximum Gasteiger partial charge on any atom is 0.205 e. The van der Waals surface area contributed by atoms with E-state index in [0.29, 0.717) is 6.29 Å². The Hall–Kier alpha value is -2.83. The molecular formula is C18H14F4O3. The van der Waals surface area contributed by atoms with Gasteiger partial charge in [-0.25, -0.2) is 8.78 Å². The molecule has 0 fully saturated rings. The van der Waals surface area contributed by atoms with E-state index in [4.69, 9.17) is 9.47 Å². The molecule has 0 N–H and O–H groups in total. The highest BCUT2D eigenvalue weighted by Gasteiger charge is 2.26. The quantitative estimate of drug-likeness (QED) is 0.402. The van der Waals surface area contributed by atoms with Crippen molar-refractivity contribution in [2.75, 3.05) is 6.61 Å². The smallest absolute Gasteiger partial charge is 0.205 e. The first-order valence-corrected chi connectivity index (χ1v) is 7.33. The highest BCUT2D eigenvalue weighted by Crippen LogP contribution is 2.37. The van der Waals surface area contributed by atoms with Gasteiger partial charge in [-0.3, -0.25) is 4.79 Å². The zero-order valence-electron chi connectivity index (χ0n) is 13.4. The molecule has 0 amide bonds. The van der Waals surface area contributed by atoms with Gasteiger partial charge in [0.1, 0.15) is 6.29 Å². The van der Waals surface area contributed by atoms with Crippen LogP contribution in [-0.2, 0) is 0 Å². The third-order valence-electron chi connectivity index (χ3n) is 3.21. The van der Waals surface area contributed by atoms with Crippen LogP contribution in [0.25, 0.3) is 6.08 Å². The summed E-state index contributed by atoms with van der Waals surface area (Å²) in [5, 5.41) is 0. The largest absolute Gasteiger partial charge is 0.490 e. The molecule has 0 aliphatic rings. The lowest BCUT2D eigenvalue weighted by Crippen LogP contribution is -2.04. The number of carbonyl (C=O) groups excluding carboxylic acids is 1. The lowest BCUT2D eigenvalue weighted by molar-refractivity contribution is 0.112. The molecule has 3 nitrogen and oxygen atoms in total. The minimum Gasteiger partial charge on any atom is -0.490 e. The van der Waals surface area contributed by atoms with E-state index in [1.807, 2.05) is 0 Å². The van der Waals surface area contributed by atoms with Gasteiger partial charge in [-0.15, -0.1) is 0 Å². The van der Waals surface area contributed by atoms with Crippen LogP contribution < -0.4 is 9.47 Å². The number of ether oxygens (including phenoxy) is 2. The molecule has 0 saturated heterocycles. The fourth-order valence-corrected chi connectivity index (χ4v) is 2.09. The van der Waals surface area contributed by atoms with Gasteiger partial charge in [0.2, 0.25) is 17.4 Å². The summed E-state index contributed by atoms with van der Waals surface area (Å²) in [7, 11) is 0. The SMILES string of the molecule is C/C=C/c1c(F)c(F)c(Oc2ccc(C=O)cc2OCC)c(F)c1F. The van der Waals surface area contributed by atoms with Crippen molar-refractivity contribution in [1.82, 2.24) is 0 Å². The van der Waals surface area contributed by atoms with E-state index < -0.39 is 34.6 Å². The van der Waals surface area contributed by atoms with Crippen molar-refractivity contribution in [3.8, 4) is 17.2 Å². The first-order chi connectivity index (χ1) is 11.9. The van der Waals surface area contributed by atoms with Crippen LogP contribution in [0.5, 0.6) is 17.2 Å². The Balaban J connectivity index is 2.56. The Morgan fingerprint density at radius 1 is 1.00 bits per heavy atom. The van der Waals surface area contributed by atoms with Crippen molar-refractivity contribution in [1.29, 1.82) is 0 Å².